The van der Waals surface area contributed by atoms with Crippen molar-refractivity contribution >= 4 is 28.9 Å². The van der Waals surface area contributed by atoms with Crippen LogP contribution in [0.1, 0.15) is 22.5 Å². The van der Waals surface area contributed by atoms with E-state index in [1.54, 1.807) is 18.6 Å². The summed E-state index contributed by atoms with van der Waals surface area (Å²) in [5, 5.41) is 7.86. The van der Waals surface area contributed by atoms with Gasteiger partial charge in [-0.2, -0.15) is 0 Å². The van der Waals surface area contributed by atoms with Gasteiger partial charge in [-0.05, 0) is 37.4 Å². The molecule has 0 radical (unpaired) electrons. The van der Waals surface area contributed by atoms with Crippen molar-refractivity contribution < 1.29 is 19.1 Å². The molecular formula is C14H20N2O4S. The number of rotatable bonds is 5. The number of carbonyl (C=O) groups is 2. The van der Waals surface area contributed by atoms with Crippen molar-refractivity contribution in [2.75, 3.05) is 39.2 Å². The van der Waals surface area contributed by atoms with E-state index in [-0.39, 0.29) is 5.91 Å². The lowest BCUT2D eigenvalue weighted by Crippen LogP contribution is -2.47. The van der Waals surface area contributed by atoms with Crippen LogP contribution < -0.4 is 10.6 Å². The quantitative estimate of drug-likeness (QED) is 0.806. The van der Waals surface area contributed by atoms with Crippen LogP contribution in [0.2, 0.25) is 0 Å². The molecule has 1 aromatic rings. The molecule has 0 saturated carbocycles. The van der Waals surface area contributed by atoms with Crippen LogP contribution in [-0.4, -0.2) is 45.8 Å². The molecule has 1 amide bonds. The Morgan fingerprint density at radius 1 is 1.38 bits per heavy atom. The fourth-order valence-electron chi connectivity index (χ4n) is 2.53. The van der Waals surface area contributed by atoms with Crippen molar-refractivity contribution in [2.45, 2.75) is 12.8 Å². The second-order valence-corrected chi connectivity index (χ2v) is 5.99. The molecule has 1 aromatic heterocycles. The number of esters is 1. The second-order valence-electron chi connectivity index (χ2n) is 5.07. The van der Waals surface area contributed by atoms with E-state index in [0.29, 0.717) is 30.0 Å². The maximum Gasteiger partial charge on any atom is 0.350 e. The van der Waals surface area contributed by atoms with Gasteiger partial charge < -0.3 is 20.1 Å². The number of hydrogen-bond acceptors (Lipinski definition) is 6. The predicted molar refractivity (Wildman–Crippen MR) is 80.7 cm³/mol. The van der Waals surface area contributed by atoms with Crippen LogP contribution in [0.4, 0.5) is 5.69 Å². The number of methoxy groups -OCH3 is 2. The molecule has 0 unspecified atom stereocenters. The second kappa shape index (κ2) is 7.02. The molecule has 2 heterocycles. The first-order valence-corrected chi connectivity index (χ1v) is 7.68. The minimum Gasteiger partial charge on any atom is -0.465 e. The molecule has 0 bridgehead atoms. The average molecular weight is 312 g/mol. The third-order valence-electron chi connectivity index (χ3n) is 3.75. The molecule has 2 rings (SSSR count). The molecule has 0 atom stereocenters. The lowest BCUT2D eigenvalue weighted by atomic mass is 9.78. The predicted octanol–water partition coefficient (Wildman–Crippen LogP) is 1.49. The Balaban J connectivity index is 2.15. The topological polar surface area (TPSA) is 76.7 Å². The van der Waals surface area contributed by atoms with Crippen LogP contribution in [-0.2, 0) is 14.3 Å². The minimum absolute atomic E-state index is 0.102. The summed E-state index contributed by atoms with van der Waals surface area (Å²) in [6, 6.07) is 1.72. The molecule has 7 heteroatoms. The van der Waals surface area contributed by atoms with E-state index in [9.17, 15) is 9.59 Å². The van der Waals surface area contributed by atoms with Gasteiger partial charge in [0.05, 0.1) is 24.8 Å². The van der Waals surface area contributed by atoms with Gasteiger partial charge in [0, 0.05) is 7.11 Å². The van der Waals surface area contributed by atoms with Gasteiger partial charge in [0.2, 0.25) is 5.91 Å². The Morgan fingerprint density at radius 3 is 2.71 bits per heavy atom. The lowest BCUT2D eigenvalue weighted by molar-refractivity contribution is -0.130. The van der Waals surface area contributed by atoms with E-state index in [1.165, 1.54) is 18.4 Å². The number of piperidine rings is 1. The molecule has 21 heavy (non-hydrogen) atoms. The van der Waals surface area contributed by atoms with Crippen molar-refractivity contribution in [1.29, 1.82) is 0 Å². The Morgan fingerprint density at radius 2 is 2.10 bits per heavy atom. The van der Waals surface area contributed by atoms with E-state index in [1.807, 2.05) is 0 Å². The van der Waals surface area contributed by atoms with Gasteiger partial charge in [-0.15, -0.1) is 11.3 Å². The van der Waals surface area contributed by atoms with Crippen LogP contribution in [0, 0.1) is 5.41 Å². The summed E-state index contributed by atoms with van der Waals surface area (Å²) in [5.74, 6) is -0.541. The summed E-state index contributed by atoms with van der Waals surface area (Å²) in [7, 11) is 2.93. The summed E-state index contributed by atoms with van der Waals surface area (Å²) in [6.45, 7) is 1.94. The van der Waals surface area contributed by atoms with Crippen LogP contribution in [0.5, 0.6) is 0 Å². The average Bonchev–Trinajstić information content (AvgIpc) is 2.96. The number of anilines is 1. The van der Waals surface area contributed by atoms with Crippen molar-refractivity contribution in [2.24, 2.45) is 5.41 Å². The minimum atomic E-state index is -0.546. The molecule has 0 aromatic carbocycles. The largest absolute Gasteiger partial charge is 0.465 e. The van der Waals surface area contributed by atoms with E-state index in [2.05, 4.69) is 10.6 Å². The highest BCUT2D eigenvalue weighted by molar-refractivity contribution is 7.12. The first-order valence-electron chi connectivity index (χ1n) is 6.80. The smallest absolute Gasteiger partial charge is 0.350 e. The third-order valence-corrected chi connectivity index (χ3v) is 4.64. The molecule has 1 saturated heterocycles. The van der Waals surface area contributed by atoms with Gasteiger partial charge in [-0.3, -0.25) is 4.79 Å². The summed E-state index contributed by atoms with van der Waals surface area (Å²) in [4.78, 5) is 24.7. The zero-order valence-corrected chi connectivity index (χ0v) is 13.0. The van der Waals surface area contributed by atoms with Crippen LogP contribution in [0.3, 0.4) is 0 Å². The highest BCUT2D eigenvalue weighted by Gasteiger charge is 2.40. The number of ether oxygens (including phenoxy) is 2. The van der Waals surface area contributed by atoms with Crippen molar-refractivity contribution in [3.63, 3.8) is 0 Å². The van der Waals surface area contributed by atoms with E-state index >= 15 is 0 Å². The normalized spacial score (nSPS) is 17.2. The zero-order chi connectivity index (χ0) is 15.3. The number of thiophene rings is 1. The molecular weight excluding hydrogens is 292 g/mol. The fourth-order valence-corrected chi connectivity index (χ4v) is 3.30. The molecule has 1 aliphatic rings. The molecule has 2 N–H and O–H groups in total. The highest BCUT2D eigenvalue weighted by atomic mass is 32.1. The Bertz CT molecular complexity index is 503. The van der Waals surface area contributed by atoms with E-state index in [0.717, 1.165) is 13.1 Å². The summed E-state index contributed by atoms with van der Waals surface area (Å²) >= 11 is 1.25. The monoisotopic (exact) mass is 312 g/mol. The SMILES string of the molecule is COCC1(C(=O)Nc2ccsc2C(=O)OC)CCNCC1. The van der Waals surface area contributed by atoms with Crippen LogP contribution in [0.15, 0.2) is 11.4 Å². The fraction of sp³-hybridized carbons (Fsp3) is 0.571. The first-order chi connectivity index (χ1) is 10.1. The standard InChI is InChI=1S/C14H20N2O4S/c1-19-9-14(4-6-15-7-5-14)13(18)16-10-3-8-21-11(10)12(17)20-2/h3,8,15H,4-7,9H2,1-2H3,(H,16,18). The number of hydrogen-bond donors (Lipinski definition) is 2. The maximum absolute atomic E-state index is 12.7. The van der Waals surface area contributed by atoms with Gasteiger partial charge in [-0.25, -0.2) is 4.79 Å². The Kier molecular flexibility index (Phi) is 5.33. The summed E-state index contributed by atoms with van der Waals surface area (Å²) in [5.41, 5.74) is -0.0409. The molecule has 6 nitrogen and oxygen atoms in total. The molecule has 0 aliphatic carbocycles. The van der Waals surface area contributed by atoms with Crippen LogP contribution in [0.25, 0.3) is 0 Å². The molecule has 116 valence electrons. The van der Waals surface area contributed by atoms with E-state index in [4.69, 9.17) is 9.47 Å². The van der Waals surface area contributed by atoms with Crippen molar-refractivity contribution in [3.8, 4) is 0 Å². The van der Waals surface area contributed by atoms with E-state index < -0.39 is 11.4 Å². The zero-order valence-electron chi connectivity index (χ0n) is 12.2. The third kappa shape index (κ3) is 3.42. The van der Waals surface area contributed by atoms with Gasteiger partial charge in [0.1, 0.15) is 4.88 Å². The highest BCUT2D eigenvalue weighted by Crippen LogP contribution is 2.32. The first kappa shape index (κ1) is 15.9. The molecule has 1 aliphatic heterocycles. The maximum atomic E-state index is 12.7. The Labute approximate surface area is 127 Å². The van der Waals surface area contributed by atoms with Gasteiger partial charge in [0.15, 0.2) is 0 Å². The number of nitrogens with one attached hydrogen (secondary N) is 2. The Hall–Kier alpha value is -1.44. The van der Waals surface area contributed by atoms with Crippen molar-refractivity contribution in [3.05, 3.63) is 16.3 Å². The van der Waals surface area contributed by atoms with Gasteiger partial charge in [-0.1, -0.05) is 0 Å². The van der Waals surface area contributed by atoms with Crippen molar-refractivity contribution in [1.82, 2.24) is 5.32 Å². The van der Waals surface area contributed by atoms with Gasteiger partial charge in [0.25, 0.3) is 0 Å². The molecule has 0 spiro atoms. The lowest BCUT2D eigenvalue weighted by Gasteiger charge is -2.35. The molecule has 1 fully saturated rings. The summed E-state index contributed by atoms with van der Waals surface area (Å²) < 4.78 is 9.97. The number of amides is 1. The van der Waals surface area contributed by atoms with Crippen LogP contribution >= 0.6 is 11.3 Å². The van der Waals surface area contributed by atoms with Gasteiger partial charge >= 0.3 is 5.97 Å². The summed E-state index contributed by atoms with van der Waals surface area (Å²) in [6.07, 6.45) is 1.43. The number of carbonyl (C=O) groups excluding carboxylic acids is 2.